The number of aliphatic hydroxyl groups excluding tert-OH is 1. The van der Waals surface area contributed by atoms with Crippen LogP contribution in [0.3, 0.4) is 0 Å². The third kappa shape index (κ3) is 12.6. The van der Waals surface area contributed by atoms with Crippen molar-refractivity contribution < 1.29 is 33.8 Å². The molecule has 11 atom stereocenters. The molecular formula is C44H76N4O7. The summed E-state index contributed by atoms with van der Waals surface area (Å²) in [6.45, 7) is 21.8. The lowest BCUT2D eigenvalue weighted by atomic mass is 9.79. The molecule has 0 aromatic heterocycles. The Morgan fingerprint density at radius 3 is 1.96 bits per heavy atom. The lowest BCUT2D eigenvalue weighted by Crippen LogP contribution is -2.61. The first kappa shape index (κ1) is 48.3. The number of ether oxygens (including phenoxy) is 2. The number of carbonyl (C=O) groups excluding carboxylic acids is 4. The number of hydrogen-bond acceptors (Lipinski definition) is 8. The molecule has 0 aliphatic heterocycles. The average molecular weight is 773 g/mol. The molecule has 314 valence electrons. The highest BCUT2D eigenvalue weighted by molar-refractivity contribution is 5.90. The van der Waals surface area contributed by atoms with E-state index in [0.717, 1.165) is 24.8 Å². The van der Waals surface area contributed by atoms with Crippen molar-refractivity contribution in [3.8, 4) is 0 Å². The molecule has 11 nitrogen and oxygen atoms in total. The van der Waals surface area contributed by atoms with Crippen molar-refractivity contribution in [3.05, 3.63) is 35.9 Å². The smallest absolute Gasteiger partial charge is 0.245 e. The Morgan fingerprint density at radius 2 is 1.47 bits per heavy atom. The van der Waals surface area contributed by atoms with Crippen LogP contribution < -0.4 is 10.6 Å². The van der Waals surface area contributed by atoms with Gasteiger partial charge in [-0.05, 0) is 76.8 Å². The predicted octanol–water partition coefficient (Wildman–Crippen LogP) is 6.04. The van der Waals surface area contributed by atoms with Crippen molar-refractivity contribution in [1.82, 2.24) is 20.4 Å². The normalized spacial score (nSPS) is 21.3. The molecular weight excluding hydrogens is 697 g/mol. The fraction of sp³-hybridized carbons (Fsp3) is 0.773. The SMILES string of the molecule is CC[C@H](C)[C@@H]([C@@H](CC(=O)C1CCCC1[C@H](OC)[C@@H](C)C(=O)N[C@H](C)[C@@H](O)c1ccccc1)OC)N(C)C(=O)[C@@H](NC(=O)[C@H](C(C)C)N(C)C(C)(C)C)C(C)C. The summed E-state index contributed by atoms with van der Waals surface area (Å²) in [6, 6.07) is 7.08. The number of nitrogens with zero attached hydrogens (tertiary/aromatic N) is 2. The molecule has 1 aromatic rings. The second kappa shape index (κ2) is 21.6. The number of hydrogen-bond donors (Lipinski definition) is 3. The summed E-state index contributed by atoms with van der Waals surface area (Å²) in [5, 5.41) is 16.9. The Morgan fingerprint density at radius 1 is 0.873 bits per heavy atom. The lowest BCUT2D eigenvalue weighted by molar-refractivity contribution is -0.145. The van der Waals surface area contributed by atoms with Crippen molar-refractivity contribution in [2.45, 2.75) is 156 Å². The van der Waals surface area contributed by atoms with Crippen molar-refractivity contribution in [1.29, 1.82) is 0 Å². The van der Waals surface area contributed by atoms with Gasteiger partial charge >= 0.3 is 0 Å². The van der Waals surface area contributed by atoms with Crippen LogP contribution in [0, 0.1) is 35.5 Å². The van der Waals surface area contributed by atoms with Crippen molar-refractivity contribution in [2.24, 2.45) is 35.5 Å². The minimum absolute atomic E-state index is 0.00584. The molecule has 55 heavy (non-hydrogen) atoms. The van der Waals surface area contributed by atoms with Crippen molar-refractivity contribution >= 4 is 23.5 Å². The summed E-state index contributed by atoms with van der Waals surface area (Å²) in [5.41, 5.74) is 0.466. The molecule has 3 amide bonds. The first-order valence-electron chi connectivity index (χ1n) is 20.6. The van der Waals surface area contributed by atoms with E-state index >= 15 is 0 Å². The Balaban J connectivity index is 2.28. The first-order chi connectivity index (χ1) is 25.6. The van der Waals surface area contributed by atoms with Gasteiger partial charge in [-0.3, -0.25) is 24.1 Å². The van der Waals surface area contributed by atoms with Gasteiger partial charge in [0.05, 0.1) is 42.4 Å². The Kier molecular flexibility index (Phi) is 19.0. The van der Waals surface area contributed by atoms with Crippen LogP contribution >= 0.6 is 0 Å². The molecule has 2 rings (SSSR count). The van der Waals surface area contributed by atoms with E-state index in [-0.39, 0.29) is 65.1 Å². The fourth-order valence-electron chi connectivity index (χ4n) is 8.45. The van der Waals surface area contributed by atoms with Crippen LogP contribution in [0.25, 0.3) is 0 Å². The lowest BCUT2D eigenvalue weighted by Gasteiger charge is -2.42. The van der Waals surface area contributed by atoms with E-state index in [1.54, 1.807) is 33.1 Å². The number of rotatable bonds is 21. The molecule has 1 aromatic carbocycles. The van der Waals surface area contributed by atoms with Gasteiger partial charge in [-0.25, -0.2) is 0 Å². The highest BCUT2D eigenvalue weighted by Crippen LogP contribution is 2.40. The van der Waals surface area contributed by atoms with E-state index < -0.39 is 48.4 Å². The zero-order valence-corrected chi connectivity index (χ0v) is 36.7. The number of nitrogens with one attached hydrogen (secondary N) is 2. The Hall–Kier alpha value is -2.86. The molecule has 2 unspecified atom stereocenters. The highest BCUT2D eigenvalue weighted by atomic mass is 16.5. The van der Waals surface area contributed by atoms with E-state index in [9.17, 15) is 24.3 Å². The summed E-state index contributed by atoms with van der Waals surface area (Å²) < 4.78 is 12.1. The molecule has 1 fully saturated rings. The third-order valence-corrected chi connectivity index (χ3v) is 12.3. The summed E-state index contributed by atoms with van der Waals surface area (Å²) in [7, 11) is 6.88. The third-order valence-electron chi connectivity index (χ3n) is 12.3. The maximum absolute atomic E-state index is 14.4. The topological polar surface area (TPSA) is 138 Å². The molecule has 3 N–H and O–H groups in total. The van der Waals surface area contributed by atoms with Crippen LogP contribution in [0.1, 0.15) is 120 Å². The van der Waals surface area contributed by atoms with Crippen LogP contribution in [0.4, 0.5) is 0 Å². The van der Waals surface area contributed by atoms with E-state index in [0.29, 0.717) is 6.42 Å². The van der Waals surface area contributed by atoms with Crippen LogP contribution in [-0.2, 0) is 28.7 Å². The van der Waals surface area contributed by atoms with Gasteiger partial charge in [0.1, 0.15) is 11.8 Å². The van der Waals surface area contributed by atoms with E-state index in [1.807, 2.05) is 72.0 Å². The average Bonchev–Trinajstić information content (AvgIpc) is 3.62. The van der Waals surface area contributed by atoms with Crippen LogP contribution in [-0.4, -0.2) is 109 Å². The zero-order valence-electron chi connectivity index (χ0n) is 36.7. The summed E-state index contributed by atoms with van der Waals surface area (Å²) in [5.74, 6) is -1.84. The molecule has 0 bridgehead atoms. The Bertz CT molecular complexity index is 1370. The summed E-state index contributed by atoms with van der Waals surface area (Å²) in [6.07, 6.45) is 1.16. The molecule has 0 heterocycles. The van der Waals surface area contributed by atoms with Crippen LogP contribution in [0.2, 0.25) is 0 Å². The summed E-state index contributed by atoms with van der Waals surface area (Å²) >= 11 is 0. The Labute approximate surface area is 333 Å². The number of carbonyl (C=O) groups is 4. The fourth-order valence-corrected chi connectivity index (χ4v) is 8.45. The number of aliphatic hydroxyl groups is 1. The van der Waals surface area contributed by atoms with Gasteiger partial charge in [0.15, 0.2) is 0 Å². The summed E-state index contributed by atoms with van der Waals surface area (Å²) in [4.78, 5) is 59.9. The molecule has 1 aliphatic rings. The molecule has 1 saturated carbocycles. The molecule has 1 aliphatic carbocycles. The number of Topliss-reactive ketones (excluding diaryl/α,β-unsaturated/α-hetero) is 1. The molecule has 11 heteroatoms. The number of likely N-dealkylation sites (N-methyl/N-ethyl adjacent to an activating group) is 2. The number of ketones is 1. The highest BCUT2D eigenvalue weighted by Gasteiger charge is 2.45. The van der Waals surface area contributed by atoms with Crippen LogP contribution in [0.15, 0.2) is 30.3 Å². The van der Waals surface area contributed by atoms with Crippen LogP contribution in [0.5, 0.6) is 0 Å². The maximum atomic E-state index is 14.4. The monoisotopic (exact) mass is 773 g/mol. The van der Waals surface area contributed by atoms with E-state index in [1.165, 1.54) is 0 Å². The van der Waals surface area contributed by atoms with Crippen molar-refractivity contribution in [3.63, 3.8) is 0 Å². The number of benzene rings is 1. The van der Waals surface area contributed by atoms with Gasteiger partial charge in [0, 0.05) is 39.1 Å². The standard InChI is InChI=1S/C44H76N4O7/c1-16-28(6)38(47(12)43(53)36(26(2)3)46-42(52)37(27(4)5)48(13)44(9,10)11)35(54-14)25-34(49)32-23-20-24-33(32)40(55-15)29(7)41(51)45-30(8)39(50)31-21-18-17-19-22-31/h17-19,21-22,26-30,32-33,35-40,50H,16,20,23-25H2,1-15H3,(H,45,51)(H,46,52)/t28-,29+,30+,32?,33?,35+,36-,37-,38-,39+,40+/m0/s1. The largest absolute Gasteiger partial charge is 0.386 e. The number of amides is 3. The van der Waals surface area contributed by atoms with Gasteiger partial charge in [0.25, 0.3) is 0 Å². The first-order valence-corrected chi connectivity index (χ1v) is 20.6. The van der Waals surface area contributed by atoms with Gasteiger partial charge < -0.3 is 30.1 Å². The zero-order chi connectivity index (χ0) is 41.9. The van der Waals surface area contributed by atoms with E-state index in [4.69, 9.17) is 9.47 Å². The second-order valence-corrected chi connectivity index (χ2v) is 17.8. The van der Waals surface area contributed by atoms with Gasteiger partial charge in [-0.1, -0.05) is 91.6 Å². The van der Waals surface area contributed by atoms with Gasteiger partial charge in [-0.2, -0.15) is 0 Å². The maximum Gasteiger partial charge on any atom is 0.245 e. The minimum Gasteiger partial charge on any atom is -0.386 e. The second-order valence-electron chi connectivity index (χ2n) is 17.8. The molecule has 0 spiro atoms. The van der Waals surface area contributed by atoms with Gasteiger partial charge in [-0.15, -0.1) is 0 Å². The quantitative estimate of drug-likeness (QED) is 0.138. The molecule has 0 radical (unpaired) electrons. The van der Waals surface area contributed by atoms with Gasteiger partial charge in [0.2, 0.25) is 17.7 Å². The van der Waals surface area contributed by atoms with E-state index in [2.05, 4.69) is 50.2 Å². The number of methoxy groups -OCH3 is 2. The van der Waals surface area contributed by atoms with Crippen molar-refractivity contribution in [2.75, 3.05) is 28.3 Å². The minimum atomic E-state index is -0.868. The predicted molar refractivity (Wildman–Crippen MR) is 219 cm³/mol. The molecule has 0 saturated heterocycles.